The van der Waals surface area contributed by atoms with Crippen molar-refractivity contribution in [3.8, 4) is 23.2 Å². The summed E-state index contributed by atoms with van der Waals surface area (Å²) in [5.41, 5.74) is 0.980. The quantitative estimate of drug-likeness (QED) is 0.658. The molecule has 92 valence electrons. The average Bonchev–Trinajstić information content (AvgIpc) is 2.77. The number of thioether (sulfide) groups is 1. The molecule has 0 aromatic carbocycles. The minimum atomic E-state index is -0.109. The lowest BCUT2D eigenvalue weighted by Crippen LogP contribution is -1.95. The van der Waals surface area contributed by atoms with Gasteiger partial charge in [-0.3, -0.25) is 4.98 Å². The average molecular weight is 260 g/mol. The first-order chi connectivity index (χ1) is 8.83. The van der Waals surface area contributed by atoms with Gasteiger partial charge in [0.2, 0.25) is 0 Å². The van der Waals surface area contributed by atoms with E-state index in [2.05, 4.69) is 27.0 Å². The van der Waals surface area contributed by atoms with E-state index in [-0.39, 0.29) is 6.61 Å². The van der Waals surface area contributed by atoms with Crippen LogP contribution in [0, 0.1) is 11.8 Å². The summed E-state index contributed by atoms with van der Waals surface area (Å²) in [6, 6.07) is 3.79. The van der Waals surface area contributed by atoms with Gasteiger partial charge in [0.15, 0.2) is 11.0 Å². The topological polar surface area (TPSA) is 63.8 Å². The molecule has 0 radical (unpaired) electrons. The molecule has 5 nitrogen and oxygen atoms in total. The summed E-state index contributed by atoms with van der Waals surface area (Å²) < 4.78 is 1.92. The predicted molar refractivity (Wildman–Crippen MR) is 69.8 cm³/mol. The first-order valence-electron chi connectivity index (χ1n) is 5.32. The van der Waals surface area contributed by atoms with Gasteiger partial charge >= 0.3 is 0 Å². The Morgan fingerprint density at radius 3 is 2.78 bits per heavy atom. The number of rotatable bonds is 3. The molecule has 2 aromatic rings. The van der Waals surface area contributed by atoms with Gasteiger partial charge in [0.25, 0.3) is 0 Å². The van der Waals surface area contributed by atoms with E-state index in [1.165, 1.54) is 11.8 Å². The zero-order valence-electron chi connectivity index (χ0n) is 9.87. The van der Waals surface area contributed by atoms with Crippen molar-refractivity contribution < 1.29 is 5.11 Å². The van der Waals surface area contributed by atoms with Gasteiger partial charge in [0.1, 0.15) is 6.61 Å². The molecule has 0 saturated heterocycles. The second-order valence-electron chi connectivity index (χ2n) is 3.40. The van der Waals surface area contributed by atoms with Gasteiger partial charge < -0.3 is 9.67 Å². The van der Waals surface area contributed by atoms with Gasteiger partial charge in [-0.25, -0.2) is 0 Å². The Labute approximate surface area is 109 Å². The summed E-state index contributed by atoms with van der Waals surface area (Å²) in [5, 5.41) is 17.6. The van der Waals surface area contributed by atoms with E-state index in [0.717, 1.165) is 16.5 Å². The third-order valence-corrected chi connectivity index (χ3v) is 3.15. The van der Waals surface area contributed by atoms with Crippen LogP contribution in [0.5, 0.6) is 0 Å². The van der Waals surface area contributed by atoms with Crippen LogP contribution in [0.15, 0.2) is 29.7 Å². The van der Waals surface area contributed by atoms with Crippen LogP contribution in [-0.4, -0.2) is 37.2 Å². The van der Waals surface area contributed by atoms with E-state index in [4.69, 9.17) is 5.11 Å². The van der Waals surface area contributed by atoms with Gasteiger partial charge in [-0.15, -0.1) is 10.2 Å². The van der Waals surface area contributed by atoms with Crippen molar-refractivity contribution >= 4 is 11.8 Å². The lowest BCUT2D eigenvalue weighted by molar-refractivity contribution is 0.350. The molecule has 0 amide bonds. The number of aliphatic hydroxyl groups excluding tert-OH is 1. The highest BCUT2D eigenvalue weighted by molar-refractivity contribution is 7.99. The molecule has 0 aliphatic heterocycles. The van der Waals surface area contributed by atoms with Crippen molar-refractivity contribution in [1.82, 2.24) is 19.7 Å². The number of aliphatic hydroxyl groups is 1. The molecule has 0 fully saturated rings. The maximum absolute atomic E-state index is 8.55. The zero-order chi connectivity index (χ0) is 12.8. The van der Waals surface area contributed by atoms with Crippen LogP contribution in [0.3, 0.4) is 0 Å². The van der Waals surface area contributed by atoms with Crippen molar-refractivity contribution in [2.45, 2.75) is 5.16 Å². The molecule has 0 atom stereocenters. The van der Waals surface area contributed by atoms with E-state index < -0.39 is 0 Å². The number of pyridine rings is 1. The Balaban J connectivity index is 2.14. The van der Waals surface area contributed by atoms with Gasteiger partial charge in [-0.05, 0) is 12.1 Å². The predicted octanol–water partition coefficient (Wildman–Crippen LogP) is 0.965. The molecule has 0 bridgehead atoms. The summed E-state index contributed by atoms with van der Waals surface area (Å²) >= 11 is 1.49. The third kappa shape index (κ3) is 2.88. The highest BCUT2D eigenvalue weighted by atomic mass is 32.2. The van der Waals surface area contributed by atoms with Crippen molar-refractivity contribution in [2.75, 3.05) is 12.4 Å². The van der Waals surface area contributed by atoms with Crippen LogP contribution in [0.25, 0.3) is 11.4 Å². The van der Waals surface area contributed by atoms with Gasteiger partial charge in [-0.1, -0.05) is 23.6 Å². The first-order valence-corrected chi connectivity index (χ1v) is 6.30. The molecule has 0 unspecified atom stereocenters. The summed E-state index contributed by atoms with van der Waals surface area (Å²) in [5.74, 6) is 6.81. The van der Waals surface area contributed by atoms with Crippen LogP contribution in [-0.2, 0) is 7.05 Å². The largest absolute Gasteiger partial charge is 0.384 e. The molecule has 6 heteroatoms. The van der Waals surface area contributed by atoms with E-state index in [1.807, 2.05) is 23.7 Å². The fraction of sp³-hybridized carbons (Fsp3) is 0.250. The minimum absolute atomic E-state index is 0.109. The Morgan fingerprint density at radius 1 is 1.28 bits per heavy atom. The third-order valence-electron chi connectivity index (χ3n) is 2.25. The monoisotopic (exact) mass is 260 g/mol. The second kappa shape index (κ2) is 6.19. The summed E-state index contributed by atoms with van der Waals surface area (Å²) in [6.45, 7) is -0.109. The Hall–Kier alpha value is -1.84. The van der Waals surface area contributed by atoms with Crippen LogP contribution in [0.2, 0.25) is 0 Å². The fourth-order valence-electron chi connectivity index (χ4n) is 1.40. The highest BCUT2D eigenvalue weighted by Crippen LogP contribution is 2.21. The Morgan fingerprint density at radius 2 is 2.06 bits per heavy atom. The summed E-state index contributed by atoms with van der Waals surface area (Å²) in [4.78, 5) is 3.97. The molecular weight excluding hydrogens is 248 g/mol. The maximum atomic E-state index is 8.55. The Bertz CT molecular complexity index is 571. The van der Waals surface area contributed by atoms with E-state index >= 15 is 0 Å². The molecule has 0 aliphatic rings. The first kappa shape index (κ1) is 12.6. The molecule has 0 saturated carbocycles. The fourth-order valence-corrected chi connectivity index (χ4v) is 2.08. The van der Waals surface area contributed by atoms with Gasteiger partial charge in [0, 0.05) is 25.0 Å². The number of aromatic nitrogens is 4. The molecule has 1 N–H and O–H groups in total. The smallest absolute Gasteiger partial charge is 0.192 e. The molecule has 2 aromatic heterocycles. The maximum Gasteiger partial charge on any atom is 0.192 e. The number of hydrogen-bond acceptors (Lipinski definition) is 5. The second-order valence-corrected chi connectivity index (χ2v) is 4.34. The lowest BCUT2D eigenvalue weighted by atomic mass is 10.2. The minimum Gasteiger partial charge on any atom is -0.384 e. The molecule has 2 heterocycles. The van der Waals surface area contributed by atoms with Crippen LogP contribution >= 0.6 is 11.8 Å². The molecule has 0 aliphatic carbocycles. The normalized spacial score (nSPS) is 9.89. The SMILES string of the molecule is Cn1c(SCC#CCO)nnc1-c1ccncc1. The number of nitrogens with zero attached hydrogens (tertiary/aromatic N) is 4. The standard InChI is InChI=1S/C12H12N4OS/c1-16-11(10-4-6-13-7-5-10)14-15-12(16)18-9-3-2-8-17/h4-7,17H,8-9H2,1H3. The van der Waals surface area contributed by atoms with Crippen LogP contribution in [0.1, 0.15) is 0 Å². The van der Waals surface area contributed by atoms with Crippen LogP contribution in [0.4, 0.5) is 0 Å². The summed E-state index contributed by atoms with van der Waals surface area (Å²) in [7, 11) is 1.91. The van der Waals surface area contributed by atoms with Gasteiger partial charge in [-0.2, -0.15) is 0 Å². The van der Waals surface area contributed by atoms with Crippen molar-refractivity contribution in [3.05, 3.63) is 24.5 Å². The lowest BCUT2D eigenvalue weighted by Gasteiger charge is -2.01. The van der Waals surface area contributed by atoms with Crippen molar-refractivity contribution in [3.63, 3.8) is 0 Å². The molecule has 18 heavy (non-hydrogen) atoms. The highest BCUT2D eigenvalue weighted by Gasteiger charge is 2.09. The van der Waals surface area contributed by atoms with Crippen molar-refractivity contribution in [1.29, 1.82) is 0 Å². The van der Waals surface area contributed by atoms with E-state index in [1.54, 1.807) is 12.4 Å². The molecule has 2 rings (SSSR count). The van der Waals surface area contributed by atoms with E-state index in [0.29, 0.717) is 5.75 Å². The van der Waals surface area contributed by atoms with Crippen LogP contribution < -0.4 is 0 Å². The van der Waals surface area contributed by atoms with E-state index in [9.17, 15) is 0 Å². The molecule has 0 spiro atoms. The molecular formula is C12H12N4OS. The summed E-state index contributed by atoms with van der Waals surface area (Å²) in [6.07, 6.45) is 3.45. The number of hydrogen-bond donors (Lipinski definition) is 1. The Kier molecular flexibility index (Phi) is 4.34. The zero-order valence-corrected chi connectivity index (χ0v) is 10.7. The van der Waals surface area contributed by atoms with Crippen molar-refractivity contribution in [2.24, 2.45) is 7.05 Å². The van der Waals surface area contributed by atoms with Gasteiger partial charge in [0.05, 0.1) is 5.75 Å².